The molecule has 3 N–H and O–H groups in total. The first-order valence-electron chi connectivity index (χ1n) is 4.98. The third-order valence-electron chi connectivity index (χ3n) is 2.01. The molecule has 0 saturated carbocycles. The van der Waals surface area contributed by atoms with E-state index in [-0.39, 0.29) is 0 Å². The van der Waals surface area contributed by atoms with E-state index in [4.69, 9.17) is 10.8 Å². The van der Waals surface area contributed by atoms with Crippen molar-refractivity contribution in [1.82, 2.24) is 9.78 Å². The highest BCUT2D eigenvalue weighted by Gasteiger charge is 2.13. The summed E-state index contributed by atoms with van der Waals surface area (Å²) in [5.41, 5.74) is 6.29. The highest BCUT2D eigenvalue weighted by Crippen LogP contribution is 2.04. The van der Waals surface area contributed by atoms with Crippen molar-refractivity contribution < 1.29 is 9.90 Å². The maximum absolute atomic E-state index is 10.5. The Morgan fingerprint density at radius 2 is 2.33 bits per heavy atom. The van der Waals surface area contributed by atoms with E-state index >= 15 is 0 Å². The second-order valence-electron chi connectivity index (χ2n) is 4.11. The van der Waals surface area contributed by atoms with Gasteiger partial charge in [0, 0.05) is 19.2 Å². The van der Waals surface area contributed by atoms with Gasteiger partial charge in [-0.1, -0.05) is 13.8 Å². The van der Waals surface area contributed by atoms with E-state index in [0.717, 1.165) is 12.1 Å². The minimum absolute atomic E-state index is 0.327. The number of aliphatic carboxylic acids is 1. The van der Waals surface area contributed by atoms with E-state index in [0.29, 0.717) is 12.3 Å². The fourth-order valence-electron chi connectivity index (χ4n) is 1.33. The standard InChI is InChI=1S/C10H17N3O2/c1-7(2)5-13-6-8(4-12-13)3-9(11)10(14)15/h4,6-7,9H,3,5,11H2,1-2H3,(H,14,15). The zero-order chi connectivity index (χ0) is 11.4. The van der Waals surface area contributed by atoms with Gasteiger partial charge in [-0.2, -0.15) is 5.10 Å². The number of nitrogens with zero attached hydrogens (tertiary/aromatic N) is 2. The fraction of sp³-hybridized carbons (Fsp3) is 0.600. The minimum atomic E-state index is -0.980. The van der Waals surface area contributed by atoms with Gasteiger partial charge < -0.3 is 10.8 Å². The molecule has 0 saturated heterocycles. The molecule has 0 fully saturated rings. The molecule has 0 radical (unpaired) electrons. The number of hydrogen-bond donors (Lipinski definition) is 2. The first-order chi connectivity index (χ1) is 6.99. The summed E-state index contributed by atoms with van der Waals surface area (Å²) >= 11 is 0. The van der Waals surface area contributed by atoms with Gasteiger partial charge in [-0.3, -0.25) is 9.48 Å². The van der Waals surface area contributed by atoms with Crippen LogP contribution >= 0.6 is 0 Å². The highest BCUT2D eigenvalue weighted by molar-refractivity contribution is 5.73. The van der Waals surface area contributed by atoms with Crippen molar-refractivity contribution in [3.05, 3.63) is 18.0 Å². The van der Waals surface area contributed by atoms with Gasteiger partial charge in [0.25, 0.3) is 0 Å². The molecular formula is C10H17N3O2. The molecule has 15 heavy (non-hydrogen) atoms. The van der Waals surface area contributed by atoms with Crippen LogP contribution in [0.2, 0.25) is 0 Å². The largest absolute Gasteiger partial charge is 0.480 e. The van der Waals surface area contributed by atoms with Crippen molar-refractivity contribution in [2.24, 2.45) is 11.7 Å². The summed E-state index contributed by atoms with van der Waals surface area (Å²) in [5, 5.41) is 12.8. The molecule has 5 nitrogen and oxygen atoms in total. The molecule has 1 heterocycles. The van der Waals surface area contributed by atoms with E-state index in [1.165, 1.54) is 0 Å². The van der Waals surface area contributed by atoms with Crippen LogP contribution in [0.25, 0.3) is 0 Å². The summed E-state index contributed by atoms with van der Waals surface area (Å²) in [6.45, 7) is 5.04. The Bertz CT molecular complexity index is 333. The molecule has 1 rings (SSSR count). The zero-order valence-corrected chi connectivity index (χ0v) is 9.05. The van der Waals surface area contributed by atoms with Crippen molar-refractivity contribution in [3.8, 4) is 0 Å². The number of carbonyl (C=O) groups is 1. The second-order valence-corrected chi connectivity index (χ2v) is 4.11. The van der Waals surface area contributed by atoms with Gasteiger partial charge in [0.05, 0.1) is 6.20 Å². The minimum Gasteiger partial charge on any atom is -0.480 e. The Labute approximate surface area is 88.9 Å². The molecule has 5 heteroatoms. The van der Waals surface area contributed by atoms with Crippen LogP contribution < -0.4 is 5.73 Å². The lowest BCUT2D eigenvalue weighted by Crippen LogP contribution is -2.32. The lowest BCUT2D eigenvalue weighted by molar-refractivity contribution is -0.138. The van der Waals surface area contributed by atoms with Crippen LogP contribution in [0.5, 0.6) is 0 Å². The Kier molecular flexibility index (Phi) is 3.85. The second kappa shape index (κ2) is 4.93. The molecule has 1 aromatic rings. The number of hydrogen-bond acceptors (Lipinski definition) is 3. The molecular weight excluding hydrogens is 194 g/mol. The molecule has 0 bridgehead atoms. The van der Waals surface area contributed by atoms with E-state index in [1.807, 2.05) is 10.9 Å². The fourth-order valence-corrected chi connectivity index (χ4v) is 1.33. The van der Waals surface area contributed by atoms with Crippen LogP contribution in [0.15, 0.2) is 12.4 Å². The van der Waals surface area contributed by atoms with Gasteiger partial charge >= 0.3 is 5.97 Å². The van der Waals surface area contributed by atoms with Gasteiger partial charge in [0.15, 0.2) is 0 Å². The lowest BCUT2D eigenvalue weighted by atomic mass is 10.1. The number of nitrogens with two attached hydrogens (primary N) is 1. The summed E-state index contributed by atoms with van der Waals surface area (Å²) in [6.07, 6.45) is 3.85. The maximum atomic E-state index is 10.5. The first kappa shape index (κ1) is 11.7. The molecule has 1 unspecified atom stereocenters. The molecule has 1 aromatic heterocycles. The number of aromatic nitrogens is 2. The van der Waals surface area contributed by atoms with Crippen LogP contribution in [-0.2, 0) is 17.8 Å². The van der Waals surface area contributed by atoms with Gasteiger partial charge in [-0.05, 0) is 11.5 Å². The van der Waals surface area contributed by atoms with Crippen LogP contribution in [0, 0.1) is 5.92 Å². The summed E-state index contributed by atoms with van der Waals surface area (Å²) in [6, 6.07) is -0.846. The molecule has 0 amide bonds. The first-order valence-corrected chi connectivity index (χ1v) is 4.98. The molecule has 0 aliphatic carbocycles. The molecule has 0 aromatic carbocycles. The van der Waals surface area contributed by atoms with Gasteiger partial charge in [-0.25, -0.2) is 0 Å². The quantitative estimate of drug-likeness (QED) is 0.742. The Balaban J connectivity index is 2.56. The number of carboxylic acids is 1. The van der Waals surface area contributed by atoms with Crippen LogP contribution in [0.3, 0.4) is 0 Å². The summed E-state index contributed by atoms with van der Waals surface area (Å²) in [5.74, 6) is -0.461. The molecule has 84 valence electrons. The summed E-state index contributed by atoms with van der Waals surface area (Å²) in [4.78, 5) is 10.5. The zero-order valence-electron chi connectivity index (χ0n) is 9.05. The van der Waals surface area contributed by atoms with E-state index < -0.39 is 12.0 Å². The third kappa shape index (κ3) is 3.71. The van der Waals surface area contributed by atoms with E-state index in [1.54, 1.807) is 6.20 Å². The van der Waals surface area contributed by atoms with Gasteiger partial charge in [0.2, 0.25) is 0 Å². The summed E-state index contributed by atoms with van der Waals surface area (Å²) < 4.78 is 1.81. The van der Waals surface area contributed by atoms with E-state index in [9.17, 15) is 4.79 Å². The van der Waals surface area contributed by atoms with Crippen molar-refractivity contribution in [2.75, 3.05) is 0 Å². The number of rotatable bonds is 5. The lowest BCUT2D eigenvalue weighted by Gasteiger charge is -2.04. The predicted octanol–water partition coefficient (Wildman–Crippen LogP) is 0.493. The molecule has 0 aliphatic heterocycles. The average molecular weight is 211 g/mol. The van der Waals surface area contributed by atoms with Gasteiger partial charge in [0.1, 0.15) is 6.04 Å². The Hall–Kier alpha value is -1.36. The number of carboxylic acid groups (broad SMARTS) is 1. The molecule has 1 atom stereocenters. The highest BCUT2D eigenvalue weighted by atomic mass is 16.4. The Morgan fingerprint density at radius 1 is 1.67 bits per heavy atom. The van der Waals surface area contributed by atoms with Crippen molar-refractivity contribution in [2.45, 2.75) is 32.9 Å². The van der Waals surface area contributed by atoms with Crippen LogP contribution in [0.1, 0.15) is 19.4 Å². The third-order valence-corrected chi connectivity index (χ3v) is 2.01. The smallest absolute Gasteiger partial charge is 0.320 e. The van der Waals surface area contributed by atoms with Crippen molar-refractivity contribution in [3.63, 3.8) is 0 Å². The Morgan fingerprint density at radius 3 is 2.87 bits per heavy atom. The van der Waals surface area contributed by atoms with Crippen molar-refractivity contribution >= 4 is 5.97 Å². The van der Waals surface area contributed by atoms with E-state index in [2.05, 4.69) is 18.9 Å². The van der Waals surface area contributed by atoms with Crippen LogP contribution in [-0.4, -0.2) is 26.9 Å². The van der Waals surface area contributed by atoms with Gasteiger partial charge in [-0.15, -0.1) is 0 Å². The predicted molar refractivity (Wildman–Crippen MR) is 56.4 cm³/mol. The normalized spacial score (nSPS) is 13.1. The molecule has 0 aliphatic rings. The van der Waals surface area contributed by atoms with Crippen molar-refractivity contribution in [1.29, 1.82) is 0 Å². The summed E-state index contributed by atoms with van der Waals surface area (Å²) in [7, 11) is 0. The average Bonchev–Trinajstić information content (AvgIpc) is 2.51. The monoisotopic (exact) mass is 211 g/mol. The topological polar surface area (TPSA) is 81.1 Å². The molecule has 0 spiro atoms. The maximum Gasteiger partial charge on any atom is 0.320 e. The SMILES string of the molecule is CC(C)Cn1cc(CC(N)C(=O)O)cn1. The van der Waals surface area contributed by atoms with Crippen LogP contribution in [0.4, 0.5) is 0 Å².